The van der Waals surface area contributed by atoms with E-state index < -0.39 is 0 Å². The fourth-order valence-corrected chi connectivity index (χ4v) is 1.75. The average molecular weight is 229 g/mol. The highest BCUT2D eigenvalue weighted by Gasteiger charge is 2.00. The summed E-state index contributed by atoms with van der Waals surface area (Å²) < 4.78 is 1.88. The van der Waals surface area contributed by atoms with Crippen LogP contribution in [-0.2, 0) is 13.6 Å². The molecule has 0 aliphatic carbocycles. The molecular weight excluding hydrogens is 210 g/mol. The van der Waals surface area contributed by atoms with Crippen LogP contribution >= 0.6 is 0 Å². The number of aromatic nitrogens is 2. The molecule has 0 amide bonds. The van der Waals surface area contributed by atoms with Crippen molar-refractivity contribution >= 4 is 5.69 Å². The van der Waals surface area contributed by atoms with E-state index in [9.17, 15) is 0 Å². The molecule has 0 saturated carbocycles. The Kier molecular flexibility index (Phi) is 3.47. The summed E-state index contributed by atoms with van der Waals surface area (Å²) in [5.41, 5.74) is 3.70. The van der Waals surface area contributed by atoms with Crippen LogP contribution in [0.4, 0.5) is 5.69 Å². The molecule has 0 unspecified atom stereocenters. The van der Waals surface area contributed by atoms with Gasteiger partial charge >= 0.3 is 0 Å². The van der Waals surface area contributed by atoms with E-state index in [1.54, 1.807) is 0 Å². The monoisotopic (exact) mass is 229 g/mol. The normalized spacial score (nSPS) is 10.8. The average Bonchev–Trinajstić information content (AvgIpc) is 2.73. The third-order valence-electron chi connectivity index (χ3n) is 2.97. The van der Waals surface area contributed by atoms with Gasteiger partial charge in [-0.15, -0.1) is 0 Å². The minimum atomic E-state index is 0.584. The summed E-state index contributed by atoms with van der Waals surface area (Å²) in [5.74, 6) is 0.584. The van der Waals surface area contributed by atoms with E-state index in [4.69, 9.17) is 0 Å². The van der Waals surface area contributed by atoms with Crippen LogP contribution in [0.1, 0.15) is 31.0 Å². The number of anilines is 1. The smallest absolute Gasteiger partial charge is 0.0571 e. The van der Waals surface area contributed by atoms with Crippen LogP contribution in [0.2, 0.25) is 0 Å². The van der Waals surface area contributed by atoms with E-state index in [0.717, 1.165) is 12.2 Å². The van der Waals surface area contributed by atoms with Crippen molar-refractivity contribution in [2.45, 2.75) is 26.3 Å². The zero-order chi connectivity index (χ0) is 12.3. The first kappa shape index (κ1) is 11.7. The van der Waals surface area contributed by atoms with Gasteiger partial charge in [0.25, 0.3) is 0 Å². The lowest BCUT2D eigenvalue weighted by Crippen LogP contribution is -2.05. The van der Waals surface area contributed by atoms with Gasteiger partial charge in [0.2, 0.25) is 0 Å². The third kappa shape index (κ3) is 2.87. The van der Waals surface area contributed by atoms with Crippen molar-refractivity contribution in [1.82, 2.24) is 9.78 Å². The number of rotatable bonds is 4. The maximum atomic E-state index is 4.14. The molecule has 2 aromatic rings. The van der Waals surface area contributed by atoms with Crippen LogP contribution in [0.3, 0.4) is 0 Å². The minimum Gasteiger partial charge on any atom is -0.379 e. The van der Waals surface area contributed by atoms with E-state index >= 15 is 0 Å². The molecule has 3 nitrogen and oxygen atoms in total. The Bertz CT molecular complexity index is 468. The number of nitrogens with one attached hydrogen (secondary N) is 1. The second kappa shape index (κ2) is 5.04. The van der Waals surface area contributed by atoms with Gasteiger partial charge in [-0.05, 0) is 29.7 Å². The van der Waals surface area contributed by atoms with Gasteiger partial charge in [0, 0.05) is 18.9 Å². The molecule has 2 rings (SSSR count). The molecule has 0 radical (unpaired) electrons. The Morgan fingerprint density at radius 2 is 1.88 bits per heavy atom. The second-order valence-corrected chi connectivity index (χ2v) is 4.58. The third-order valence-corrected chi connectivity index (χ3v) is 2.97. The van der Waals surface area contributed by atoms with Crippen LogP contribution in [0.15, 0.2) is 36.5 Å². The van der Waals surface area contributed by atoms with Crippen molar-refractivity contribution in [3.05, 3.63) is 47.8 Å². The molecule has 90 valence electrons. The Morgan fingerprint density at radius 1 is 1.18 bits per heavy atom. The van der Waals surface area contributed by atoms with Crippen LogP contribution in [0.5, 0.6) is 0 Å². The highest BCUT2D eigenvalue weighted by molar-refractivity contribution is 5.45. The fourth-order valence-electron chi connectivity index (χ4n) is 1.75. The largest absolute Gasteiger partial charge is 0.379 e. The number of nitrogens with zero attached hydrogens (tertiary/aromatic N) is 2. The summed E-state index contributed by atoms with van der Waals surface area (Å²) >= 11 is 0. The SMILES string of the molecule is CC(C)c1ccc(NCc2ccnn2C)cc1. The Balaban J connectivity index is 1.98. The summed E-state index contributed by atoms with van der Waals surface area (Å²) in [4.78, 5) is 0. The molecule has 0 fully saturated rings. The van der Waals surface area contributed by atoms with Crippen LogP contribution < -0.4 is 5.32 Å². The van der Waals surface area contributed by atoms with Gasteiger partial charge in [-0.1, -0.05) is 26.0 Å². The van der Waals surface area contributed by atoms with E-state index in [-0.39, 0.29) is 0 Å². The Hall–Kier alpha value is -1.77. The molecule has 0 atom stereocenters. The highest BCUT2D eigenvalue weighted by atomic mass is 15.3. The predicted octanol–water partition coefficient (Wildman–Crippen LogP) is 3.16. The minimum absolute atomic E-state index is 0.584. The molecule has 1 heterocycles. The molecular formula is C14H19N3. The lowest BCUT2D eigenvalue weighted by molar-refractivity contribution is 0.720. The molecule has 0 aliphatic heterocycles. The van der Waals surface area contributed by atoms with E-state index in [1.165, 1.54) is 11.3 Å². The molecule has 3 heteroatoms. The van der Waals surface area contributed by atoms with Gasteiger partial charge < -0.3 is 5.32 Å². The number of hydrogen-bond acceptors (Lipinski definition) is 2. The maximum absolute atomic E-state index is 4.14. The van der Waals surface area contributed by atoms with Crippen LogP contribution in [-0.4, -0.2) is 9.78 Å². The Morgan fingerprint density at radius 3 is 2.41 bits per heavy atom. The van der Waals surface area contributed by atoms with Crippen LogP contribution in [0.25, 0.3) is 0 Å². The number of hydrogen-bond donors (Lipinski definition) is 1. The zero-order valence-corrected chi connectivity index (χ0v) is 10.6. The van der Waals surface area contributed by atoms with Gasteiger partial charge in [-0.25, -0.2) is 0 Å². The molecule has 1 aromatic heterocycles. The quantitative estimate of drug-likeness (QED) is 0.872. The number of aryl methyl sites for hydroxylation is 1. The van der Waals surface area contributed by atoms with Crippen molar-refractivity contribution in [2.75, 3.05) is 5.32 Å². The summed E-state index contributed by atoms with van der Waals surface area (Å²) in [6.45, 7) is 5.22. The lowest BCUT2D eigenvalue weighted by Gasteiger charge is -2.09. The van der Waals surface area contributed by atoms with Gasteiger partial charge in [-0.3, -0.25) is 4.68 Å². The maximum Gasteiger partial charge on any atom is 0.0571 e. The van der Waals surface area contributed by atoms with E-state index in [1.807, 2.05) is 24.0 Å². The van der Waals surface area contributed by atoms with Crippen molar-refractivity contribution in [1.29, 1.82) is 0 Å². The highest BCUT2D eigenvalue weighted by Crippen LogP contribution is 2.17. The summed E-state index contributed by atoms with van der Waals surface area (Å²) in [6, 6.07) is 10.6. The van der Waals surface area contributed by atoms with Gasteiger partial charge in [0.15, 0.2) is 0 Å². The van der Waals surface area contributed by atoms with Crippen molar-refractivity contribution < 1.29 is 0 Å². The Labute approximate surface area is 102 Å². The molecule has 0 saturated heterocycles. The first-order valence-corrected chi connectivity index (χ1v) is 5.97. The molecule has 0 aliphatic rings. The van der Waals surface area contributed by atoms with Crippen LogP contribution in [0, 0.1) is 0 Å². The standard InChI is InChI=1S/C14H19N3/c1-11(2)12-4-6-13(7-5-12)15-10-14-8-9-16-17(14)3/h4-9,11,15H,10H2,1-3H3. The summed E-state index contributed by atoms with van der Waals surface area (Å²) in [7, 11) is 1.96. The molecule has 0 spiro atoms. The molecule has 1 aromatic carbocycles. The molecule has 17 heavy (non-hydrogen) atoms. The summed E-state index contributed by atoms with van der Waals surface area (Å²) in [5, 5.41) is 7.54. The van der Waals surface area contributed by atoms with E-state index in [2.05, 4.69) is 48.5 Å². The van der Waals surface area contributed by atoms with Crippen molar-refractivity contribution in [2.24, 2.45) is 7.05 Å². The topological polar surface area (TPSA) is 29.9 Å². The summed E-state index contributed by atoms with van der Waals surface area (Å²) in [6.07, 6.45) is 1.82. The number of benzene rings is 1. The molecule has 1 N–H and O–H groups in total. The molecule has 0 bridgehead atoms. The first-order valence-electron chi connectivity index (χ1n) is 5.97. The van der Waals surface area contributed by atoms with E-state index in [0.29, 0.717) is 5.92 Å². The second-order valence-electron chi connectivity index (χ2n) is 4.58. The van der Waals surface area contributed by atoms with Crippen molar-refractivity contribution in [3.8, 4) is 0 Å². The fraction of sp³-hybridized carbons (Fsp3) is 0.357. The van der Waals surface area contributed by atoms with Crippen molar-refractivity contribution in [3.63, 3.8) is 0 Å². The first-order chi connectivity index (χ1) is 8.16. The van der Waals surface area contributed by atoms with Gasteiger partial charge in [0.1, 0.15) is 0 Å². The lowest BCUT2D eigenvalue weighted by atomic mass is 10.0. The predicted molar refractivity (Wildman–Crippen MR) is 71.1 cm³/mol. The zero-order valence-electron chi connectivity index (χ0n) is 10.6. The van der Waals surface area contributed by atoms with Gasteiger partial charge in [0.05, 0.1) is 12.2 Å². The van der Waals surface area contributed by atoms with Gasteiger partial charge in [-0.2, -0.15) is 5.10 Å².